The zero-order valence-corrected chi connectivity index (χ0v) is 13.3. The summed E-state index contributed by atoms with van der Waals surface area (Å²) in [5.41, 5.74) is 6.76. The van der Waals surface area contributed by atoms with Crippen LogP contribution in [0, 0.1) is 9.49 Å². The molecule has 1 heterocycles. The van der Waals surface area contributed by atoms with E-state index in [2.05, 4.69) is 32.8 Å². The first-order chi connectivity index (χ1) is 9.04. The van der Waals surface area contributed by atoms with E-state index in [1.165, 1.54) is 0 Å². The number of halogens is 1. The van der Waals surface area contributed by atoms with E-state index in [0.29, 0.717) is 12.5 Å². The van der Waals surface area contributed by atoms with Gasteiger partial charge in [-0.1, -0.05) is 6.07 Å². The number of rotatable bonds is 4. The van der Waals surface area contributed by atoms with Crippen LogP contribution >= 0.6 is 22.6 Å². The largest absolute Gasteiger partial charge is 0.328 e. The Morgan fingerprint density at radius 1 is 1.63 bits per heavy atom. The van der Waals surface area contributed by atoms with Crippen molar-refractivity contribution in [2.75, 3.05) is 25.0 Å². The summed E-state index contributed by atoms with van der Waals surface area (Å²) in [4.78, 5) is 14.1. The highest BCUT2D eigenvalue weighted by atomic mass is 127. The van der Waals surface area contributed by atoms with Crippen LogP contribution in [0.2, 0.25) is 0 Å². The van der Waals surface area contributed by atoms with Crippen molar-refractivity contribution in [3.05, 3.63) is 27.8 Å². The van der Waals surface area contributed by atoms with E-state index in [-0.39, 0.29) is 11.9 Å². The van der Waals surface area contributed by atoms with Gasteiger partial charge in [0.05, 0.1) is 6.54 Å². The first-order valence-electron chi connectivity index (χ1n) is 6.58. The summed E-state index contributed by atoms with van der Waals surface area (Å²) in [5, 5.41) is 2.94. The molecule has 1 aromatic carbocycles. The number of hydrogen-bond acceptors (Lipinski definition) is 3. The fraction of sp³-hybridized carbons (Fsp3) is 0.500. The number of nitrogens with one attached hydrogen (secondary N) is 1. The average molecular weight is 373 g/mol. The lowest BCUT2D eigenvalue weighted by Gasteiger charge is -2.17. The third-order valence-corrected chi connectivity index (χ3v) is 4.20. The summed E-state index contributed by atoms with van der Waals surface area (Å²) in [6.07, 6.45) is 1.09. The van der Waals surface area contributed by atoms with Gasteiger partial charge in [0, 0.05) is 21.8 Å². The lowest BCUT2D eigenvalue weighted by atomic mass is 10.0. The van der Waals surface area contributed by atoms with E-state index < -0.39 is 0 Å². The van der Waals surface area contributed by atoms with Crippen LogP contribution in [-0.4, -0.2) is 36.5 Å². The van der Waals surface area contributed by atoms with Crippen molar-refractivity contribution in [2.45, 2.75) is 19.4 Å². The molecule has 2 rings (SSSR count). The van der Waals surface area contributed by atoms with Crippen molar-refractivity contribution in [3.8, 4) is 0 Å². The fourth-order valence-corrected chi connectivity index (χ4v) is 2.95. The quantitative estimate of drug-likeness (QED) is 0.793. The lowest BCUT2D eigenvalue weighted by Crippen LogP contribution is -2.34. The van der Waals surface area contributed by atoms with Crippen LogP contribution in [0.25, 0.3) is 0 Å². The van der Waals surface area contributed by atoms with Gasteiger partial charge in [-0.25, -0.2) is 0 Å². The van der Waals surface area contributed by atoms with E-state index in [0.717, 1.165) is 28.8 Å². The fourth-order valence-electron chi connectivity index (χ4n) is 2.41. The van der Waals surface area contributed by atoms with Crippen LogP contribution in [0.3, 0.4) is 0 Å². The van der Waals surface area contributed by atoms with Gasteiger partial charge in [-0.2, -0.15) is 0 Å². The van der Waals surface area contributed by atoms with Gasteiger partial charge < -0.3 is 11.1 Å². The number of hydrogen-bond donors (Lipinski definition) is 2. The maximum absolute atomic E-state index is 12.0. The van der Waals surface area contributed by atoms with Crippen LogP contribution in [0.4, 0.5) is 5.69 Å². The molecular formula is C14H20IN3O. The van der Waals surface area contributed by atoms with Crippen LogP contribution in [0.15, 0.2) is 24.3 Å². The van der Waals surface area contributed by atoms with E-state index in [1.807, 2.05) is 31.2 Å². The number of likely N-dealkylation sites (tertiary alicyclic amines) is 1. The molecule has 1 fully saturated rings. The van der Waals surface area contributed by atoms with Crippen LogP contribution < -0.4 is 11.1 Å². The molecule has 5 heteroatoms. The second-order valence-electron chi connectivity index (χ2n) is 5.20. The monoisotopic (exact) mass is 373 g/mol. The Kier molecular flexibility index (Phi) is 5.18. The second kappa shape index (κ2) is 6.67. The van der Waals surface area contributed by atoms with Crippen molar-refractivity contribution < 1.29 is 4.79 Å². The second-order valence-corrected chi connectivity index (χ2v) is 6.45. The van der Waals surface area contributed by atoms with Crippen LogP contribution in [-0.2, 0) is 4.79 Å². The molecule has 104 valence electrons. The maximum Gasteiger partial charge on any atom is 0.238 e. The molecule has 1 aliphatic heterocycles. The first-order valence-corrected chi connectivity index (χ1v) is 7.66. The molecule has 0 aromatic heterocycles. The molecule has 0 spiro atoms. The zero-order chi connectivity index (χ0) is 13.8. The molecule has 0 saturated carbocycles. The normalized spacial score (nSPS) is 21.3. The van der Waals surface area contributed by atoms with Crippen molar-refractivity contribution >= 4 is 34.2 Å². The molecule has 1 amide bonds. The maximum atomic E-state index is 12.0. The molecule has 1 saturated heterocycles. The van der Waals surface area contributed by atoms with Crippen molar-refractivity contribution in [3.63, 3.8) is 0 Å². The summed E-state index contributed by atoms with van der Waals surface area (Å²) in [7, 11) is 0. The van der Waals surface area contributed by atoms with E-state index in [1.54, 1.807) is 0 Å². The minimum absolute atomic E-state index is 0.0484. The SMILES string of the molecule is CC(N)C1CCN(CC(=O)Nc2cccc(I)c2)C1. The average Bonchev–Trinajstić information content (AvgIpc) is 2.77. The summed E-state index contributed by atoms with van der Waals surface area (Å²) >= 11 is 2.24. The number of carbonyl (C=O) groups excluding carboxylic acids is 1. The van der Waals surface area contributed by atoms with Gasteiger partial charge in [-0.05, 0) is 66.6 Å². The molecule has 4 nitrogen and oxygen atoms in total. The zero-order valence-electron chi connectivity index (χ0n) is 11.1. The molecule has 0 bridgehead atoms. The number of nitrogens with two attached hydrogens (primary N) is 1. The van der Waals surface area contributed by atoms with Gasteiger partial charge in [0.2, 0.25) is 5.91 Å². The Bertz CT molecular complexity index is 450. The molecule has 1 aliphatic rings. The topological polar surface area (TPSA) is 58.4 Å². The Labute approximate surface area is 127 Å². The molecule has 1 aromatic rings. The first kappa shape index (κ1) is 14.7. The van der Waals surface area contributed by atoms with Gasteiger partial charge in [-0.3, -0.25) is 9.69 Å². The molecule has 2 unspecified atom stereocenters. The smallest absolute Gasteiger partial charge is 0.238 e. The third kappa shape index (κ3) is 4.43. The number of nitrogens with zero attached hydrogens (tertiary/aromatic N) is 1. The van der Waals surface area contributed by atoms with Crippen molar-refractivity contribution in [1.82, 2.24) is 4.90 Å². The molecule has 0 radical (unpaired) electrons. The molecular weight excluding hydrogens is 353 g/mol. The van der Waals surface area contributed by atoms with E-state index in [9.17, 15) is 4.79 Å². The highest BCUT2D eigenvalue weighted by Gasteiger charge is 2.26. The summed E-state index contributed by atoms with van der Waals surface area (Å²) in [6, 6.07) is 8.04. The molecule has 0 aliphatic carbocycles. The summed E-state index contributed by atoms with van der Waals surface area (Å²) in [5.74, 6) is 0.567. The highest BCUT2D eigenvalue weighted by Crippen LogP contribution is 2.18. The predicted molar refractivity (Wildman–Crippen MR) is 86.0 cm³/mol. The number of amides is 1. The summed E-state index contributed by atoms with van der Waals surface area (Å²) in [6.45, 7) is 4.39. The Morgan fingerprint density at radius 2 is 2.42 bits per heavy atom. The predicted octanol–water partition coefficient (Wildman–Crippen LogP) is 1.90. The van der Waals surface area contributed by atoms with Crippen molar-refractivity contribution in [1.29, 1.82) is 0 Å². The van der Waals surface area contributed by atoms with Gasteiger partial charge in [0.15, 0.2) is 0 Å². The number of anilines is 1. The Balaban J connectivity index is 1.82. The minimum atomic E-state index is 0.0484. The van der Waals surface area contributed by atoms with Gasteiger partial charge >= 0.3 is 0 Å². The standard InChI is InChI=1S/C14H20IN3O/c1-10(16)11-5-6-18(8-11)9-14(19)17-13-4-2-3-12(15)7-13/h2-4,7,10-11H,5-6,8-9,16H2,1H3,(H,17,19). The summed E-state index contributed by atoms with van der Waals surface area (Å²) < 4.78 is 1.12. The van der Waals surface area contributed by atoms with Gasteiger partial charge in [-0.15, -0.1) is 0 Å². The highest BCUT2D eigenvalue weighted by molar-refractivity contribution is 14.1. The molecule has 2 atom stereocenters. The lowest BCUT2D eigenvalue weighted by molar-refractivity contribution is -0.117. The van der Waals surface area contributed by atoms with E-state index in [4.69, 9.17) is 5.73 Å². The minimum Gasteiger partial charge on any atom is -0.328 e. The van der Waals surface area contributed by atoms with Crippen LogP contribution in [0.5, 0.6) is 0 Å². The van der Waals surface area contributed by atoms with Crippen molar-refractivity contribution in [2.24, 2.45) is 11.7 Å². The van der Waals surface area contributed by atoms with Gasteiger partial charge in [0.1, 0.15) is 0 Å². The van der Waals surface area contributed by atoms with E-state index >= 15 is 0 Å². The molecule has 3 N–H and O–H groups in total. The third-order valence-electron chi connectivity index (χ3n) is 3.53. The van der Waals surface area contributed by atoms with Crippen LogP contribution in [0.1, 0.15) is 13.3 Å². The number of benzene rings is 1. The van der Waals surface area contributed by atoms with Gasteiger partial charge in [0.25, 0.3) is 0 Å². The molecule has 19 heavy (non-hydrogen) atoms. The Morgan fingerprint density at radius 3 is 3.05 bits per heavy atom. The Hall–Kier alpha value is -0.660. The number of carbonyl (C=O) groups is 1.